The molecule has 0 saturated carbocycles. The van der Waals surface area contributed by atoms with Gasteiger partial charge in [0.1, 0.15) is 0 Å². The van der Waals surface area contributed by atoms with E-state index in [1.54, 1.807) is 18.3 Å². The minimum atomic E-state index is -3.60. The van der Waals surface area contributed by atoms with Gasteiger partial charge in [0.25, 0.3) is 5.91 Å². The van der Waals surface area contributed by atoms with Crippen molar-refractivity contribution in [3.63, 3.8) is 0 Å². The van der Waals surface area contributed by atoms with Gasteiger partial charge in [-0.2, -0.15) is 0 Å². The molecule has 0 aliphatic carbocycles. The molecule has 1 fully saturated rings. The van der Waals surface area contributed by atoms with E-state index in [-0.39, 0.29) is 46.8 Å². The normalized spacial score (nSPS) is 20.3. The third-order valence-electron chi connectivity index (χ3n) is 5.94. The number of aromatic nitrogens is 1. The van der Waals surface area contributed by atoms with Crippen molar-refractivity contribution in [3.05, 3.63) is 77.5 Å². The Balaban J connectivity index is 0.00000259. The van der Waals surface area contributed by atoms with E-state index in [0.717, 1.165) is 16.8 Å². The third-order valence-corrected chi connectivity index (χ3v) is 7.85. The maximum atomic E-state index is 12.9. The first kappa shape index (κ1) is 23.7. The summed E-state index contributed by atoms with van der Waals surface area (Å²) in [5.74, 6) is -1.55. The molecule has 0 spiro atoms. The zero-order valence-electron chi connectivity index (χ0n) is 17.1. The summed E-state index contributed by atoms with van der Waals surface area (Å²) in [5.41, 5.74) is 3.79. The van der Waals surface area contributed by atoms with Crippen LogP contribution in [0.25, 0.3) is 11.3 Å². The second kappa shape index (κ2) is 8.73. The van der Waals surface area contributed by atoms with Crippen LogP contribution < -0.4 is 4.90 Å². The molecule has 1 amide bonds. The van der Waals surface area contributed by atoms with Gasteiger partial charge >= 0.3 is 35.5 Å². The number of fused-ring (bicyclic) bond motifs is 3. The average Bonchev–Trinajstić information content (AvgIpc) is 3.09. The van der Waals surface area contributed by atoms with Crippen LogP contribution >= 0.6 is 0 Å². The summed E-state index contributed by atoms with van der Waals surface area (Å²) < 4.78 is 32.9. The Morgan fingerprint density at radius 1 is 1.12 bits per heavy atom. The molecular formula is C23H21N2NaO6S. The predicted octanol–water partition coefficient (Wildman–Crippen LogP) is 1.87. The molecule has 33 heavy (non-hydrogen) atoms. The SMILES string of the molecule is COC1C(=O)N2c3c(cn(Cc4ccc(C(=O)O)cc4)c3-c3ccccc3)CS(=O)(=O)C12.[NaH]. The van der Waals surface area contributed by atoms with Crippen LogP contribution in [-0.4, -0.2) is 78.1 Å². The first-order valence-corrected chi connectivity index (χ1v) is 11.7. The number of hydrogen-bond donors (Lipinski definition) is 1. The van der Waals surface area contributed by atoms with Crippen molar-refractivity contribution in [1.82, 2.24) is 4.57 Å². The van der Waals surface area contributed by atoms with Gasteiger partial charge in [0.2, 0.25) is 0 Å². The summed E-state index contributed by atoms with van der Waals surface area (Å²) in [6.45, 7) is 0.386. The van der Waals surface area contributed by atoms with Crippen LogP contribution in [0.2, 0.25) is 0 Å². The number of carbonyl (C=O) groups is 2. The van der Waals surface area contributed by atoms with Crippen molar-refractivity contribution in [2.75, 3.05) is 12.0 Å². The molecule has 3 aromatic rings. The van der Waals surface area contributed by atoms with E-state index >= 15 is 0 Å². The number of sulfone groups is 1. The maximum absolute atomic E-state index is 12.9. The summed E-state index contributed by atoms with van der Waals surface area (Å²) in [6.07, 6.45) is 0.771. The number of anilines is 1. The molecule has 8 nitrogen and oxygen atoms in total. The number of carbonyl (C=O) groups excluding carboxylic acids is 1. The molecule has 1 N–H and O–H groups in total. The van der Waals surface area contributed by atoms with E-state index in [1.807, 2.05) is 34.9 Å². The number of β-lactam (4-membered cyclic amide) rings is 1. The molecule has 0 bridgehead atoms. The number of ether oxygens (including phenoxy) is 1. The van der Waals surface area contributed by atoms with Gasteiger partial charge < -0.3 is 14.4 Å². The van der Waals surface area contributed by atoms with Crippen molar-refractivity contribution in [2.45, 2.75) is 23.8 Å². The summed E-state index contributed by atoms with van der Waals surface area (Å²) in [5, 5.41) is 8.11. The molecule has 166 valence electrons. The predicted molar refractivity (Wildman–Crippen MR) is 124 cm³/mol. The van der Waals surface area contributed by atoms with Gasteiger partial charge in [0, 0.05) is 31.0 Å². The Labute approximate surface area is 213 Å². The molecule has 2 aliphatic rings. The molecule has 2 unspecified atom stereocenters. The van der Waals surface area contributed by atoms with Crippen molar-refractivity contribution in [2.24, 2.45) is 0 Å². The number of carboxylic acids is 1. The van der Waals surface area contributed by atoms with Crippen molar-refractivity contribution >= 4 is 57.0 Å². The van der Waals surface area contributed by atoms with Crippen LogP contribution in [0.1, 0.15) is 21.5 Å². The van der Waals surface area contributed by atoms with Gasteiger partial charge in [-0.15, -0.1) is 0 Å². The van der Waals surface area contributed by atoms with Crippen molar-refractivity contribution in [3.8, 4) is 11.3 Å². The molecule has 5 rings (SSSR count). The number of hydrogen-bond acceptors (Lipinski definition) is 5. The van der Waals surface area contributed by atoms with E-state index in [4.69, 9.17) is 9.84 Å². The zero-order valence-corrected chi connectivity index (χ0v) is 18.0. The number of methoxy groups -OCH3 is 1. The number of benzene rings is 2. The summed E-state index contributed by atoms with van der Waals surface area (Å²) in [6, 6.07) is 16.0. The molecule has 2 aromatic carbocycles. The Hall–Kier alpha value is -2.43. The molecular weight excluding hydrogens is 455 g/mol. The van der Waals surface area contributed by atoms with Crippen molar-refractivity contribution in [1.29, 1.82) is 0 Å². The van der Waals surface area contributed by atoms with Gasteiger partial charge in [-0.1, -0.05) is 42.5 Å². The fourth-order valence-electron chi connectivity index (χ4n) is 4.49. The standard InChI is InChI=1S/C23H20N2O6S.Na.H/c1-31-20-21(26)25-19-17(13-32(29,30)22(20)25)12-24(18(19)15-5-3-2-4-6-15)11-14-7-9-16(10-8-14)23(27)28;;/h2-10,12,20,22H,11,13H2,1H3,(H,27,28);;. The van der Waals surface area contributed by atoms with Crippen LogP contribution in [0.3, 0.4) is 0 Å². The number of carboxylic acid groups (broad SMARTS) is 1. The monoisotopic (exact) mass is 476 g/mol. The van der Waals surface area contributed by atoms with Gasteiger partial charge in [0.05, 0.1) is 22.7 Å². The summed E-state index contributed by atoms with van der Waals surface area (Å²) in [4.78, 5) is 25.3. The minimum absolute atomic E-state index is 0. The average molecular weight is 476 g/mol. The van der Waals surface area contributed by atoms with E-state index < -0.39 is 27.3 Å². The van der Waals surface area contributed by atoms with E-state index in [2.05, 4.69) is 0 Å². The number of amides is 1. The Morgan fingerprint density at radius 3 is 2.39 bits per heavy atom. The van der Waals surface area contributed by atoms with Crippen LogP contribution in [0.15, 0.2) is 60.8 Å². The number of rotatable bonds is 5. The van der Waals surface area contributed by atoms with Gasteiger partial charge in [-0.05, 0) is 17.7 Å². The van der Waals surface area contributed by atoms with Gasteiger partial charge in [-0.25, -0.2) is 13.2 Å². The summed E-state index contributed by atoms with van der Waals surface area (Å²) >= 11 is 0. The third kappa shape index (κ3) is 3.83. The van der Waals surface area contributed by atoms with Gasteiger partial charge in [-0.3, -0.25) is 9.69 Å². The Kier molecular flexibility index (Phi) is 6.28. The Bertz CT molecular complexity index is 1340. The fourth-order valence-corrected chi connectivity index (χ4v) is 6.44. The van der Waals surface area contributed by atoms with Crippen LogP contribution in [0.4, 0.5) is 5.69 Å². The van der Waals surface area contributed by atoms with Crippen LogP contribution in [0, 0.1) is 0 Å². The molecule has 0 radical (unpaired) electrons. The fraction of sp³-hybridized carbons (Fsp3) is 0.217. The molecule has 10 heteroatoms. The van der Waals surface area contributed by atoms with E-state index in [9.17, 15) is 18.0 Å². The van der Waals surface area contributed by atoms with Crippen molar-refractivity contribution < 1.29 is 27.9 Å². The molecule has 3 heterocycles. The molecule has 1 saturated heterocycles. The van der Waals surface area contributed by atoms with Crippen LogP contribution in [0.5, 0.6) is 0 Å². The number of aromatic carboxylic acids is 1. The molecule has 2 atom stereocenters. The zero-order chi connectivity index (χ0) is 22.6. The second-order valence-corrected chi connectivity index (χ2v) is 10.0. The van der Waals surface area contributed by atoms with Crippen LogP contribution in [-0.2, 0) is 31.7 Å². The first-order valence-electron chi connectivity index (χ1n) is 9.99. The molecule has 2 aliphatic heterocycles. The first-order chi connectivity index (χ1) is 15.3. The summed E-state index contributed by atoms with van der Waals surface area (Å²) in [7, 11) is -2.26. The quantitative estimate of drug-likeness (QED) is 0.445. The van der Waals surface area contributed by atoms with E-state index in [0.29, 0.717) is 17.8 Å². The number of nitrogens with zero attached hydrogens (tertiary/aromatic N) is 2. The Morgan fingerprint density at radius 2 is 1.79 bits per heavy atom. The van der Waals surface area contributed by atoms with E-state index in [1.165, 1.54) is 24.1 Å². The topological polar surface area (TPSA) is 106 Å². The second-order valence-electron chi connectivity index (χ2n) is 7.91. The molecule has 1 aromatic heterocycles. The van der Waals surface area contributed by atoms with Gasteiger partial charge in [0.15, 0.2) is 21.3 Å².